The van der Waals surface area contributed by atoms with Crippen molar-refractivity contribution in [1.29, 1.82) is 0 Å². The highest BCUT2D eigenvalue weighted by atomic mass is 32.1. The molecule has 1 aromatic heterocycles. The molecule has 1 aliphatic heterocycles. The van der Waals surface area contributed by atoms with E-state index in [2.05, 4.69) is 4.99 Å². The lowest BCUT2D eigenvalue weighted by molar-refractivity contribution is -0.139. The lowest BCUT2D eigenvalue weighted by atomic mass is 9.95. The van der Waals surface area contributed by atoms with Gasteiger partial charge in [-0.2, -0.15) is 0 Å². The molecule has 9 heteroatoms. The molecule has 4 rings (SSSR count). The molecule has 3 aromatic rings. The number of carbonyl (C=O) groups excluding carboxylic acids is 1. The highest BCUT2D eigenvalue weighted by Crippen LogP contribution is 2.36. The fourth-order valence-corrected chi connectivity index (χ4v) is 5.28. The van der Waals surface area contributed by atoms with Crippen LogP contribution in [0.15, 0.2) is 63.5 Å². The van der Waals surface area contributed by atoms with Gasteiger partial charge in [0, 0.05) is 11.1 Å². The molecule has 0 bridgehead atoms. The van der Waals surface area contributed by atoms with E-state index in [1.807, 2.05) is 38.1 Å². The van der Waals surface area contributed by atoms with Gasteiger partial charge in [0.2, 0.25) is 0 Å². The Labute approximate surface area is 219 Å². The minimum Gasteiger partial charge on any atom is -0.497 e. The van der Waals surface area contributed by atoms with Gasteiger partial charge >= 0.3 is 5.97 Å². The first-order valence-electron chi connectivity index (χ1n) is 12.0. The summed E-state index contributed by atoms with van der Waals surface area (Å²) in [6, 6.07) is 12.0. The number of fused-ring (bicyclic) bond motifs is 1. The van der Waals surface area contributed by atoms with Crippen LogP contribution in [0.5, 0.6) is 17.2 Å². The second kappa shape index (κ2) is 11.0. The van der Waals surface area contributed by atoms with Gasteiger partial charge in [0.25, 0.3) is 5.56 Å². The van der Waals surface area contributed by atoms with Crippen LogP contribution in [0.1, 0.15) is 44.9 Å². The van der Waals surface area contributed by atoms with Gasteiger partial charge in [0.05, 0.1) is 42.7 Å². The number of carbonyl (C=O) groups is 1. The van der Waals surface area contributed by atoms with Crippen LogP contribution in [0.25, 0.3) is 6.08 Å². The smallest absolute Gasteiger partial charge is 0.338 e. The summed E-state index contributed by atoms with van der Waals surface area (Å²) < 4.78 is 24.3. The number of nitrogens with zero attached hydrogens (tertiary/aromatic N) is 2. The number of allylic oxidation sites excluding steroid dienone is 1. The van der Waals surface area contributed by atoms with Crippen molar-refractivity contribution < 1.29 is 23.7 Å². The first-order valence-corrected chi connectivity index (χ1v) is 12.8. The number of methoxy groups -OCH3 is 2. The van der Waals surface area contributed by atoms with Gasteiger partial charge in [-0.25, -0.2) is 9.79 Å². The van der Waals surface area contributed by atoms with E-state index in [1.165, 1.54) is 11.3 Å². The number of rotatable bonds is 8. The Bertz CT molecular complexity index is 1530. The summed E-state index contributed by atoms with van der Waals surface area (Å²) in [7, 11) is 3.15. The number of para-hydroxylation sites is 1. The Morgan fingerprint density at radius 1 is 1.14 bits per heavy atom. The molecule has 0 radical (unpaired) electrons. The number of benzene rings is 2. The van der Waals surface area contributed by atoms with Crippen LogP contribution >= 0.6 is 11.3 Å². The second-order valence-corrected chi connectivity index (χ2v) is 9.62. The predicted molar refractivity (Wildman–Crippen MR) is 142 cm³/mol. The van der Waals surface area contributed by atoms with E-state index < -0.39 is 12.0 Å². The van der Waals surface area contributed by atoms with Crippen molar-refractivity contribution in [3.63, 3.8) is 0 Å². The van der Waals surface area contributed by atoms with E-state index in [0.717, 1.165) is 0 Å². The topological polar surface area (TPSA) is 88.4 Å². The number of hydrogen-bond acceptors (Lipinski definition) is 8. The van der Waals surface area contributed by atoms with E-state index in [9.17, 15) is 9.59 Å². The van der Waals surface area contributed by atoms with E-state index in [0.29, 0.717) is 49.0 Å². The Balaban J connectivity index is 2.00. The summed E-state index contributed by atoms with van der Waals surface area (Å²) in [6.07, 6.45) is 1.65. The second-order valence-electron chi connectivity index (χ2n) is 8.61. The first kappa shape index (κ1) is 26.2. The van der Waals surface area contributed by atoms with Crippen molar-refractivity contribution in [3.8, 4) is 17.2 Å². The van der Waals surface area contributed by atoms with Crippen LogP contribution < -0.4 is 29.1 Å². The molecule has 37 heavy (non-hydrogen) atoms. The maximum absolute atomic E-state index is 13.9. The third kappa shape index (κ3) is 5.17. The van der Waals surface area contributed by atoms with E-state index in [4.69, 9.17) is 18.9 Å². The van der Waals surface area contributed by atoms with Crippen molar-refractivity contribution in [3.05, 3.63) is 84.5 Å². The van der Waals surface area contributed by atoms with Crippen LogP contribution in [-0.2, 0) is 9.53 Å². The van der Waals surface area contributed by atoms with Crippen molar-refractivity contribution in [2.24, 2.45) is 4.99 Å². The van der Waals surface area contributed by atoms with E-state index in [1.54, 1.807) is 56.9 Å². The van der Waals surface area contributed by atoms with Crippen molar-refractivity contribution >= 4 is 23.4 Å². The van der Waals surface area contributed by atoms with Gasteiger partial charge in [-0.1, -0.05) is 29.5 Å². The number of hydrogen-bond donors (Lipinski definition) is 0. The molecule has 2 aromatic carbocycles. The molecule has 0 saturated carbocycles. The molecule has 1 aliphatic rings. The third-order valence-electron chi connectivity index (χ3n) is 5.82. The maximum Gasteiger partial charge on any atom is 0.338 e. The zero-order valence-electron chi connectivity index (χ0n) is 21.7. The zero-order chi connectivity index (χ0) is 26.7. The third-order valence-corrected chi connectivity index (χ3v) is 6.80. The molecule has 0 N–H and O–H groups in total. The number of aromatic nitrogens is 1. The van der Waals surface area contributed by atoms with Crippen molar-refractivity contribution in [2.45, 2.75) is 39.8 Å². The standard InChI is InChI=1S/C28H30N2O6S/c1-7-35-27(32)24-17(4)29-28-30(25(24)20-10-8-9-11-22(20)36-16(2)3)26(31)23(37-28)15-18-14-19(33-5)12-13-21(18)34-6/h8-16,25H,7H2,1-6H3/b23-15-/t25-/m0/s1. The average molecular weight is 523 g/mol. The average Bonchev–Trinajstić information content (AvgIpc) is 3.17. The van der Waals surface area contributed by atoms with Crippen molar-refractivity contribution in [2.75, 3.05) is 20.8 Å². The summed E-state index contributed by atoms with van der Waals surface area (Å²) in [4.78, 5) is 32.2. The van der Waals surface area contributed by atoms with Gasteiger partial charge in [-0.3, -0.25) is 9.36 Å². The Hall–Kier alpha value is -3.85. The first-order chi connectivity index (χ1) is 17.8. The highest BCUT2D eigenvalue weighted by molar-refractivity contribution is 7.07. The fraction of sp³-hybridized carbons (Fsp3) is 0.321. The van der Waals surface area contributed by atoms with E-state index >= 15 is 0 Å². The van der Waals surface area contributed by atoms with Crippen LogP contribution in [0.2, 0.25) is 0 Å². The lowest BCUT2D eigenvalue weighted by Gasteiger charge is -2.26. The molecule has 1 atom stereocenters. The molecule has 0 spiro atoms. The lowest BCUT2D eigenvalue weighted by Crippen LogP contribution is -2.40. The minimum absolute atomic E-state index is 0.103. The number of esters is 1. The van der Waals surface area contributed by atoms with Crippen molar-refractivity contribution in [1.82, 2.24) is 4.57 Å². The quantitative estimate of drug-likeness (QED) is 0.420. The van der Waals surface area contributed by atoms with Crippen LogP contribution in [0.3, 0.4) is 0 Å². The van der Waals surface area contributed by atoms with Crippen LogP contribution in [0, 0.1) is 0 Å². The summed E-state index contributed by atoms with van der Waals surface area (Å²) in [5.41, 5.74) is 1.88. The molecular formula is C28H30N2O6S. The summed E-state index contributed by atoms with van der Waals surface area (Å²) in [5, 5.41) is 0. The summed E-state index contributed by atoms with van der Waals surface area (Å²) in [5.74, 6) is 1.31. The Morgan fingerprint density at radius 3 is 2.57 bits per heavy atom. The molecule has 0 aliphatic carbocycles. The molecule has 0 fully saturated rings. The molecule has 0 amide bonds. The van der Waals surface area contributed by atoms with Crippen LogP contribution in [0.4, 0.5) is 0 Å². The molecule has 0 unspecified atom stereocenters. The van der Waals surface area contributed by atoms with Gasteiger partial charge < -0.3 is 18.9 Å². The number of thiazole rings is 1. The minimum atomic E-state index is -0.764. The SMILES string of the molecule is CCOC(=O)C1=C(C)N=c2s/c(=C\c3cc(OC)ccc3OC)c(=O)n2[C@H]1c1ccccc1OC(C)C. The fourth-order valence-electron chi connectivity index (χ4n) is 4.25. The molecule has 194 valence electrons. The predicted octanol–water partition coefficient (Wildman–Crippen LogP) is 3.60. The Morgan fingerprint density at radius 2 is 1.89 bits per heavy atom. The maximum atomic E-state index is 13.9. The van der Waals surface area contributed by atoms with Gasteiger partial charge in [0.1, 0.15) is 23.3 Å². The zero-order valence-corrected chi connectivity index (χ0v) is 22.5. The summed E-state index contributed by atoms with van der Waals surface area (Å²) in [6.45, 7) is 7.56. The van der Waals surface area contributed by atoms with Crippen LogP contribution in [-0.4, -0.2) is 37.5 Å². The molecule has 8 nitrogen and oxygen atoms in total. The van der Waals surface area contributed by atoms with E-state index in [-0.39, 0.29) is 18.3 Å². The normalized spacial score (nSPS) is 15.3. The monoisotopic (exact) mass is 522 g/mol. The van der Waals surface area contributed by atoms with Gasteiger partial charge in [0.15, 0.2) is 4.80 Å². The largest absolute Gasteiger partial charge is 0.497 e. The Kier molecular flexibility index (Phi) is 7.83. The van der Waals surface area contributed by atoms with Gasteiger partial charge in [-0.15, -0.1) is 0 Å². The molecule has 0 saturated heterocycles. The summed E-state index contributed by atoms with van der Waals surface area (Å²) >= 11 is 1.24. The molecule has 2 heterocycles. The molecular weight excluding hydrogens is 492 g/mol. The highest BCUT2D eigenvalue weighted by Gasteiger charge is 2.35. The van der Waals surface area contributed by atoms with Gasteiger partial charge in [-0.05, 0) is 58.0 Å². The number of ether oxygens (including phenoxy) is 4.